The highest BCUT2D eigenvalue weighted by Crippen LogP contribution is 2.23. The zero-order valence-corrected chi connectivity index (χ0v) is 8.69. The minimum atomic E-state index is -1.08. The molecule has 0 aliphatic rings. The van der Waals surface area contributed by atoms with E-state index < -0.39 is 5.97 Å². The van der Waals surface area contributed by atoms with E-state index in [9.17, 15) is 9.59 Å². The number of nitrogens with one attached hydrogen (secondary N) is 1. The third-order valence-electron chi connectivity index (χ3n) is 1.88. The van der Waals surface area contributed by atoms with E-state index in [1.807, 2.05) is 0 Å². The van der Waals surface area contributed by atoms with Gasteiger partial charge in [-0.3, -0.25) is 4.79 Å². The summed E-state index contributed by atoms with van der Waals surface area (Å²) in [5, 5.41) is 11.3. The highest BCUT2D eigenvalue weighted by Gasteiger charge is 2.11. The summed E-state index contributed by atoms with van der Waals surface area (Å²) >= 11 is 0. The highest BCUT2D eigenvalue weighted by atomic mass is 16.5. The summed E-state index contributed by atoms with van der Waals surface area (Å²) in [6.07, 6.45) is 1.12. The number of ether oxygens (including phenoxy) is 1. The van der Waals surface area contributed by atoms with Gasteiger partial charge in [0.2, 0.25) is 5.91 Å². The molecule has 0 saturated heterocycles. The quantitative estimate of drug-likeness (QED) is 0.756. The standard InChI is InChI=1S/C11H11NO4/c1-3-10(13)12-7-4-5-8(11(14)15)9(6-7)16-2/h3-6H,1H2,2H3,(H,12,13)(H,14,15). The first kappa shape index (κ1) is 11.8. The number of rotatable bonds is 4. The molecule has 84 valence electrons. The Morgan fingerprint density at radius 1 is 1.50 bits per heavy atom. The predicted octanol–water partition coefficient (Wildman–Crippen LogP) is 1.52. The molecule has 0 bridgehead atoms. The number of carboxylic acid groups (broad SMARTS) is 1. The van der Waals surface area contributed by atoms with Gasteiger partial charge in [0.05, 0.1) is 7.11 Å². The highest BCUT2D eigenvalue weighted by molar-refractivity contribution is 5.99. The molecule has 1 aromatic rings. The minimum absolute atomic E-state index is 0.0408. The molecule has 2 N–H and O–H groups in total. The Balaban J connectivity index is 3.04. The number of hydrogen-bond donors (Lipinski definition) is 2. The second-order valence-electron chi connectivity index (χ2n) is 2.91. The van der Waals surface area contributed by atoms with E-state index in [0.29, 0.717) is 5.69 Å². The number of carboxylic acids is 1. The third kappa shape index (κ3) is 2.60. The van der Waals surface area contributed by atoms with Crippen molar-refractivity contribution in [1.29, 1.82) is 0 Å². The zero-order valence-electron chi connectivity index (χ0n) is 8.69. The molecule has 0 aliphatic heterocycles. The van der Waals surface area contributed by atoms with Crippen LogP contribution in [-0.2, 0) is 4.79 Å². The number of carbonyl (C=O) groups excluding carboxylic acids is 1. The number of carbonyl (C=O) groups is 2. The van der Waals surface area contributed by atoms with Crippen LogP contribution in [0.3, 0.4) is 0 Å². The molecule has 0 aliphatic carbocycles. The Hall–Kier alpha value is -2.30. The Kier molecular flexibility index (Phi) is 3.66. The van der Waals surface area contributed by atoms with Gasteiger partial charge in [-0.1, -0.05) is 6.58 Å². The van der Waals surface area contributed by atoms with Crippen molar-refractivity contribution in [1.82, 2.24) is 0 Å². The fourth-order valence-electron chi connectivity index (χ4n) is 1.14. The van der Waals surface area contributed by atoms with E-state index in [2.05, 4.69) is 11.9 Å². The van der Waals surface area contributed by atoms with Gasteiger partial charge in [0.1, 0.15) is 11.3 Å². The molecule has 0 aromatic heterocycles. The molecule has 5 heteroatoms. The molecule has 0 unspecified atom stereocenters. The van der Waals surface area contributed by atoms with Crippen molar-refractivity contribution in [3.8, 4) is 5.75 Å². The monoisotopic (exact) mass is 221 g/mol. The van der Waals surface area contributed by atoms with Crippen LogP contribution in [0.1, 0.15) is 10.4 Å². The van der Waals surface area contributed by atoms with Crippen LogP contribution in [0, 0.1) is 0 Å². The normalized spacial score (nSPS) is 9.31. The van der Waals surface area contributed by atoms with Crippen LogP contribution in [0.5, 0.6) is 5.75 Å². The summed E-state index contributed by atoms with van der Waals surface area (Å²) in [5.41, 5.74) is 0.492. The van der Waals surface area contributed by atoms with Crippen LogP contribution >= 0.6 is 0 Å². The number of benzene rings is 1. The molecule has 0 heterocycles. The van der Waals surface area contributed by atoms with E-state index in [1.165, 1.54) is 25.3 Å². The molecule has 0 spiro atoms. The van der Waals surface area contributed by atoms with Gasteiger partial charge in [-0.15, -0.1) is 0 Å². The molecule has 0 fully saturated rings. The van der Waals surface area contributed by atoms with Crippen molar-refractivity contribution in [2.75, 3.05) is 12.4 Å². The summed E-state index contributed by atoms with van der Waals surface area (Å²) in [4.78, 5) is 21.8. The maximum absolute atomic E-state index is 11.0. The van der Waals surface area contributed by atoms with E-state index in [-0.39, 0.29) is 17.2 Å². The smallest absolute Gasteiger partial charge is 0.339 e. The van der Waals surface area contributed by atoms with Gasteiger partial charge in [-0.2, -0.15) is 0 Å². The van der Waals surface area contributed by atoms with Crippen molar-refractivity contribution in [2.45, 2.75) is 0 Å². The number of methoxy groups -OCH3 is 1. The first-order valence-electron chi connectivity index (χ1n) is 4.43. The fourth-order valence-corrected chi connectivity index (χ4v) is 1.14. The average Bonchev–Trinajstić information content (AvgIpc) is 2.28. The second-order valence-corrected chi connectivity index (χ2v) is 2.91. The van der Waals surface area contributed by atoms with Crippen LogP contribution in [-0.4, -0.2) is 24.1 Å². The lowest BCUT2D eigenvalue weighted by Gasteiger charge is -2.07. The number of amides is 1. The molecule has 1 amide bonds. The van der Waals surface area contributed by atoms with E-state index >= 15 is 0 Å². The zero-order chi connectivity index (χ0) is 12.1. The molecule has 0 saturated carbocycles. The predicted molar refractivity (Wildman–Crippen MR) is 58.8 cm³/mol. The summed E-state index contributed by atoms with van der Waals surface area (Å²) in [7, 11) is 1.36. The molecular formula is C11H11NO4. The SMILES string of the molecule is C=CC(=O)Nc1ccc(C(=O)O)c(OC)c1. The molecule has 1 aromatic carbocycles. The largest absolute Gasteiger partial charge is 0.496 e. The van der Waals surface area contributed by atoms with Gasteiger partial charge in [0.25, 0.3) is 0 Å². The molecule has 0 radical (unpaired) electrons. The lowest BCUT2D eigenvalue weighted by molar-refractivity contribution is -0.111. The Morgan fingerprint density at radius 2 is 2.19 bits per heavy atom. The summed E-state index contributed by atoms with van der Waals surface area (Å²) in [5.74, 6) is -1.27. The van der Waals surface area contributed by atoms with Crippen molar-refractivity contribution < 1.29 is 19.4 Å². The van der Waals surface area contributed by atoms with Gasteiger partial charge < -0.3 is 15.2 Å². The van der Waals surface area contributed by atoms with Crippen LogP contribution < -0.4 is 10.1 Å². The summed E-state index contributed by atoms with van der Waals surface area (Å²) in [6, 6.07) is 4.28. The van der Waals surface area contributed by atoms with Crippen molar-refractivity contribution in [2.24, 2.45) is 0 Å². The van der Waals surface area contributed by atoms with Gasteiger partial charge in [-0.25, -0.2) is 4.79 Å². The molecule has 0 atom stereocenters. The number of anilines is 1. The fraction of sp³-hybridized carbons (Fsp3) is 0.0909. The van der Waals surface area contributed by atoms with Crippen molar-refractivity contribution in [3.05, 3.63) is 36.4 Å². The average molecular weight is 221 g/mol. The Labute approximate surface area is 92.3 Å². The molecular weight excluding hydrogens is 210 g/mol. The number of hydrogen-bond acceptors (Lipinski definition) is 3. The molecule has 5 nitrogen and oxygen atoms in total. The van der Waals surface area contributed by atoms with Crippen molar-refractivity contribution in [3.63, 3.8) is 0 Å². The first-order valence-corrected chi connectivity index (χ1v) is 4.43. The summed E-state index contributed by atoms with van der Waals surface area (Å²) in [6.45, 7) is 3.31. The lowest BCUT2D eigenvalue weighted by Crippen LogP contribution is -2.08. The van der Waals surface area contributed by atoms with Crippen LogP contribution in [0.25, 0.3) is 0 Å². The topological polar surface area (TPSA) is 75.6 Å². The van der Waals surface area contributed by atoms with Gasteiger partial charge in [0.15, 0.2) is 0 Å². The maximum atomic E-state index is 11.0. The van der Waals surface area contributed by atoms with E-state index in [0.717, 1.165) is 6.08 Å². The van der Waals surface area contributed by atoms with Gasteiger partial charge in [0, 0.05) is 11.8 Å². The van der Waals surface area contributed by atoms with Gasteiger partial charge >= 0.3 is 5.97 Å². The second kappa shape index (κ2) is 4.97. The van der Waals surface area contributed by atoms with Crippen LogP contribution in [0.15, 0.2) is 30.9 Å². The molecule has 16 heavy (non-hydrogen) atoms. The van der Waals surface area contributed by atoms with Crippen LogP contribution in [0.4, 0.5) is 5.69 Å². The Morgan fingerprint density at radius 3 is 2.69 bits per heavy atom. The maximum Gasteiger partial charge on any atom is 0.339 e. The van der Waals surface area contributed by atoms with E-state index in [4.69, 9.17) is 9.84 Å². The molecule has 1 rings (SSSR count). The van der Waals surface area contributed by atoms with Crippen molar-refractivity contribution >= 4 is 17.6 Å². The van der Waals surface area contributed by atoms with Gasteiger partial charge in [-0.05, 0) is 18.2 Å². The number of aromatic carboxylic acids is 1. The van der Waals surface area contributed by atoms with E-state index in [1.54, 1.807) is 0 Å². The lowest BCUT2D eigenvalue weighted by atomic mass is 10.2. The summed E-state index contributed by atoms with van der Waals surface area (Å²) < 4.78 is 4.90. The van der Waals surface area contributed by atoms with Crippen LogP contribution in [0.2, 0.25) is 0 Å². The third-order valence-corrected chi connectivity index (χ3v) is 1.88. The minimum Gasteiger partial charge on any atom is -0.496 e. The first-order chi connectivity index (χ1) is 7.58. The Bertz CT molecular complexity index is 440.